The molecule has 0 saturated carbocycles. The molecule has 0 radical (unpaired) electrons. The summed E-state index contributed by atoms with van der Waals surface area (Å²) in [6.07, 6.45) is 5.63. The highest BCUT2D eigenvalue weighted by Crippen LogP contribution is 2.39. The standard InChI is InChI=1S/C17H19FN2O2/c1-11-8-14(21)17-15(6-5-13(18)16(11)17)22-7-3-4-12-9-19-10-20(12)2/h5-6,9-11H,3-4,7-8H2,1-2H3. The van der Waals surface area contributed by atoms with E-state index < -0.39 is 0 Å². The number of hydrogen-bond acceptors (Lipinski definition) is 3. The molecule has 0 aliphatic heterocycles. The number of benzene rings is 1. The fourth-order valence-corrected chi connectivity index (χ4v) is 3.01. The summed E-state index contributed by atoms with van der Waals surface area (Å²) in [6.45, 7) is 2.36. The van der Waals surface area contributed by atoms with E-state index in [2.05, 4.69) is 4.98 Å². The van der Waals surface area contributed by atoms with Gasteiger partial charge in [-0.3, -0.25) is 4.79 Å². The van der Waals surface area contributed by atoms with Gasteiger partial charge in [-0.1, -0.05) is 6.92 Å². The van der Waals surface area contributed by atoms with E-state index in [0.717, 1.165) is 18.5 Å². The highest BCUT2D eigenvalue weighted by atomic mass is 19.1. The zero-order valence-corrected chi connectivity index (χ0v) is 12.8. The van der Waals surface area contributed by atoms with Crippen molar-refractivity contribution in [2.75, 3.05) is 6.61 Å². The number of hydrogen-bond donors (Lipinski definition) is 0. The van der Waals surface area contributed by atoms with E-state index in [0.29, 0.717) is 29.9 Å². The molecule has 0 bridgehead atoms. The third-order valence-corrected chi connectivity index (χ3v) is 4.17. The van der Waals surface area contributed by atoms with Crippen molar-refractivity contribution in [3.05, 3.63) is 47.3 Å². The van der Waals surface area contributed by atoms with Crippen molar-refractivity contribution < 1.29 is 13.9 Å². The van der Waals surface area contributed by atoms with Gasteiger partial charge in [0.2, 0.25) is 0 Å². The smallest absolute Gasteiger partial charge is 0.167 e. The van der Waals surface area contributed by atoms with Crippen LogP contribution in [0.25, 0.3) is 0 Å². The summed E-state index contributed by atoms with van der Waals surface area (Å²) >= 11 is 0. The zero-order valence-electron chi connectivity index (χ0n) is 12.8. The normalized spacial score (nSPS) is 16.9. The lowest BCUT2D eigenvalue weighted by molar-refractivity contribution is 0.0986. The van der Waals surface area contributed by atoms with Crippen LogP contribution in [0.5, 0.6) is 5.75 Å². The predicted octanol–water partition coefficient (Wildman–Crippen LogP) is 3.26. The molecule has 1 atom stereocenters. The molecular formula is C17H19FN2O2. The van der Waals surface area contributed by atoms with Gasteiger partial charge in [-0.25, -0.2) is 9.37 Å². The van der Waals surface area contributed by atoms with Crippen molar-refractivity contribution in [3.63, 3.8) is 0 Å². The van der Waals surface area contributed by atoms with Crippen LogP contribution in [-0.4, -0.2) is 21.9 Å². The van der Waals surface area contributed by atoms with E-state index in [-0.39, 0.29) is 17.5 Å². The Kier molecular flexibility index (Phi) is 3.96. The number of nitrogens with zero attached hydrogens (tertiary/aromatic N) is 2. The number of ketones is 1. The maximum absolute atomic E-state index is 13.9. The monoisotopic (exact) mass is 302 g/mol. The van der Waals surface area contributed by atoms with Gasteiger partial charge in [0.25, 0.3) is 0 Å². The Balaban J connectivity index is 1.67. The Labute approximate surface area is 128 Å². The average molecular weight is 302 g/mol. The van der Waals surface area contributed by atoms with Gasteiger partial charge in [-0.05, 0) is 30.9 Å². The Bertz CT molecular complexity index is 709. The lowest BCUT2D eigenvalue weighted by Crippen LogP contribution is -2.06. The number of halogens is 1. The average Bonchev–Trinajstić information content (AvgIpc) is 3.02. The summed E-state index contributed by atoms with van der Waals surface area (Å²) in [5.74, 6) is 0.107. The Morgan fingerprint density at radius 2 is 2.27 bits per heavy atom. The topological polar surface area (TPSA) is 44.1 Å². The SMILES string of the molecule is CC1CC(=O)c2c(OCCCc3cncn3C)ccc(F)c21. The number of carbonyl (C=O) groups is 1. The lowest BCUT2D eigenvalue weighted by atomic mass is 10.0. The molecular weight excluding hydrogens is 283 g/mol. The van der Waals surface area contributed by atoms with Crippen molar-refractivity contribution in [3.8, 4) is 5.75 Å². The van der Waals surface area contributed by atoms with Gasteiger partial charge in [0.1, 0.15) is 11.6 Å². The highest BCUT2D eigenvalue weighted by molar-refractivity contribution is 6.03. The predicted molar refractivity (Wildman–Crippen MR) is 80.8 cm³/mol. The van der Waals surface area contributed by atoms with Crippen LogP contribution in [0.1, 0.15) is 47.3 Å². The van der Waals surface area contributed by atoms with Crippen molar-refractivity contribution >= 4 is 5.78 Å². The first-order chi connectivity index (χ1) is 10.6. The number of Topliss-reactive ketones (excluding diaryl/α,β-unsaturated/α-hetero) is 1. The molecule has 1 aliphatic rings. The first-order valence-corrected chi connectivity index (χ1v) is 7.51. The second-order valence-electron chi connectivity index (χ2n) is 5.81. The number of imidazole rings is 1. The van der Waals surface area contributed by atoms with Gasteiger partial charge in [-0.15, -0.1) is 0 Å². The molecule has 0 N–H and O–H groups in total. The largest absolute Gasteiger partial charge is 0.493 e. The third-order valence-electron chi connectivity index (χ3n) is 4.17. The van der Waals surface area contributed by atoms with Crippen LogP contribution in [0, 0.1) is 5.82 Å². The minimum absolute atomic E-state index is 0.0244. The molecule has 2 aromatic rings. The van der Waals surface area contributed by atoms with Crippen molar-refractivity contribution in [2.45, 2.75) is 32.1 Å². The molecule has 1 unspecified atom stereocenters. The molecule has 5 heteroatoms. The number of ether oxygens (including phenoxy) is 1. The van der Waals surface area contributed by atoms with Crippen molar-refractivity contribution in [1.29, 1.82) is 0 Å². The number of aryl methyl sites for hydroxylation is 2. The molecule has 1 aromatic heterocycles. The van der Waals surface area contributed by atoms with Gasteiger partial charge in [-0.2, -0.15) is 0 Å². The van der Waals surface area contributed by atoms with Crippen molar-refractivity contribution in [2.24, 2.45) is 7.05 Å². The summed E-state index contributed by atoms with van der Waals surface area (Å²) in [4.78, 5) is 16.1. The summed E-state index contributed by atoms with van der Waals surface area (Å²) in [5.41, 5.74) is 2.08. The summed E-state index contributed by atoms with van der Waals surface area (Å²) < 4.78 is 21.6. The van der Waals surface area contributed by atoms with E-state index in [1.54, 1.807) is 12.4 Å². The summed E-state index contributed by atoms with van der Waals surface area (Å²) in [5, 5.41) is 0. The number of fused-ring (bicyclic) bond motifs is 1. The molecule has 0 spiro atoms. The molecule has 116 valence electrons. The molecule has 0 amide bonds. The van der Waals surface area contributed by atoms with Crippen LogP contribution < -0.4 is 4.74 Å². The van der Waals surface area contributed by atoms with Gasteiger partial charge in [0.05, 0.1) is 18.5 Å². The van der Waals surface area contributed by atoms with Crippen LogP contribution in [0.3, 0.4) is 0 Å². The molecule has 3 rings (SSSR count). The zero-order chi connectivity index (χ0) is 15.7. The molecule has 1 heterocycles. The van der Waals surface area contributed by atoms with Gasteiger partial charge < -0.3 is 9.30 Å². The van der Waals surface area contributed by atoms with Gasteiger partial charge in [0.15, 0.2) is 5.78 Å². The van der Waals surface area contributed by atoms with Crippen LogP contribution in [0.15, 0.2) is 24.7 Å². The van der Waals surface area contributed by atoms with E-state index in [4.69, 9.17) is 4.74 Å². The maximum atomic E-state index is 13.9. The van der Waals surface area contributed by atoms with Gasteiger partial charge in [0, 0.05) is 30.9 Å². The van der Waals surface area contributed by atoms with E-state index in [1.807, 2.05) is 24.7 Å². The highest BCUT2D eigenvalue weighted by Gasteiger charge is 2.32. The number of rotatable bonds is 5. The molecule has 0 saturated heterocycles. The minimum Gasteiger partial charge on any atom is -0.493 e. The summed E-state index contributed by atoms with van der Waals surface area (Å²) in [6, 6.07) is 2.96. The number of carbonyl (C=O) groups excluding carboxylic acids is 1. The van der Waals surface area contributed by atoms with Crippen LogP contribution in [-0.2, 0) is 13.5 Å². The molecule has 4 nitrogen and oxygen atoms in total. The first kappa shape index (κ1) is 14.8. The first-order valence-electron chi connectivity index (χ1n) is 7.51. The van der Waals surface area contributed by atoms with Crippen molar-refractivity contribution in [1.82, 2.24) is 9.55 Å². The van der Waals surface area contributed by atoms with Crippen LogP contribution in [0.2, 0.25) is 0 Å². The maximum Gasteiger partial charge on any atom is 0.167 e. The number of aromatic nitrogens is 2. The van der Waals surface area contributed by atoms with Gasteiger partial charge >= 0.3 is 0 Å². The molecule has 22 heavy (non-hydrogen) atoms. The van der Waals surface area contributed by atoms with Crippen LogP contribution >= 0.6 is 0 Å². The van der Waals surface area contributed by atoms with E-state index >= 15 is 0 Å². The molecule has 1 aromatic carbocycles. The Hall–Kier alpha value is -2.17. The minimum atomic E-state index is -0.310. The quantitative estimate of drug-likeness (QED) is 0.796. The summed E-state index contributed by atoms with van der Waals surface area (Å²) in [7, 11) is 1.95. The molecule has 1 aliphatic carbocycles. The Morgan fingerprint density at radius 1 is 1.45 bits per heavy atom. The van der Waals surface area contributed by atoms with Crippen LogP contribution in [0.4, 0.5) is 4.39 Å². The molecule has 0 fully saturated rings. The van der Waals surface area contributed by atoms with E-state index in [9.17, 15) is 9.18 Å². The lowest BCUT2D eigenvalue weighted by Gasteiger charge is -2.12. The van der Waals surface area contributed by atoms with E-state index in [1.165, 1.54) is 6.07 Å². The fraction of sp³-hybridized carbons (Fsp3) is 0.412. The second kappa shape index (κ2) is 5.91. The third kappa shape index (κ3) is 2.63. The second-order valence-corrected chi connectivity index (χ2v) is 5.81. The Morgan fingerprint density at radius 3 is 3.00 bits per heavy atom. The fourth-order valence-electron chi connectivity index (χ4n) is 3.01.